The fourth-order valence-corrected chi connectivity index (χ4v) is 1.48. The topological polar surface area (TPSA) is 29.5 Å². The molecule has 0 spiro atoms. The molecule has 0 aliphatic carbocycles. The molecule has 6 heteroatoms. The van der Waals surface area contributed by atoms with Gasteiger partial charge in [-0.2, -0.15) is 8.78 Å². The first-order chi connectivity index (χ1) is 6.00. The third-order valence-electron chi connectivity index (χ3n) is 1.20. The van der Waals surface area contributed by atoms with E-state index in [1.165, 1.54) is 6.07 Å². The zero-order chi connectivity index (χ0) is 10.0. The molecule has 0 heterocycles. The normalized spacial score (nSPS) is 10.5. The Morgan fingerprint density at radius 1 is 1.31 bits per heavy atom. The van der Waals surface area contributed by atoms with Crippen LogP contribution in [0.15, 0.2) is 21.1 Å². The Kier molecular flexibility index (Phi) is 3.49. The van der Waals surface area contributed by atoms with E-state index >= 15 is 0 Å². The van der Waals surface area contributed by atoms with E-state index in [4.69, 9.17) is 5.11 Å². The molecule has 0 aliphatic heterocycles. The summed E-state index contributed by atoms with van der Waals surface area (Å²) in [6.45, 7) is -2.91. The Labute approximate surface area is 89.8 Å². The van der Waals surface area contributed by atoms with Gasteiger partial charge < -0.3 is 9.84 Å². The number of alkyl halides is 2. The van der Waals surface area contributed by atoms with E-state index in [0.29, 0.717) is 8.95 Å². The molecule has 0 saturated carbocycles. The van der Waals surface area contributed by atoms with E-state index in [1.807, 2.05) is 0 Å². The first-order valence-corrected chi connectivity index (χ1v) is 4.72. The van der Waals surface area contributed by atoms with E-state index in [2.05, 4.69) is 36.6 Å². The second kappa shape index (κ2) is 4.23. The van der Waals surface area contributed by atoms with Gasteiger partial charge in [-0.3, -0.25) is 0 Å². The van der Waals surface area contributed by atoms with Crippen LogP contribution in [0.1, 0.15) is 0 Å². The summed E-state index contributed by atoms with van der Waals surface area (Å²) in [6.07, 6.45) is 0. The van der Waals surface area contributed by atoms with Crippen LogP contribution in [0.4, 0.5) is 8.78 Å². The molecule has 0 aliphatic rings. The number of ether oxygens (including phenoxy) is 1. The van der Waals surface area contributed by atoms with Gasteiger partial charge in [0.1, 0.15) is 11.5 Å². The van der Waals surface area contributed by atoms with Crippen LogP contribution in [0, 0.1) is 0 Å². The molecule has 72 valence electrons. The molecule has 1 aromatic rings. The van der Waals surface area contributed by atoms with Crippen LogP contribution in [0.3, 0.4) is 0 Å². The second-order valence-electron chi connectivity index (χ2n) is 2.12. The Bertz CT molecular complexity index is 318. The fourth-order valence-electron chi connectivity index (χ4n) is 0.732. The summed E-state index contributed by atoms with van der Waals surface area (Å²) in [5.41, 5.74) is 0. The number of halogens is 4. The van der Waals surface area contributed by atoms with Crippen molar-refractivity contribution in [2.45, 2.75) is 6.61 Å². The van der Waals surface area contributed by atoms with Gasteiger partial charge in [0.15, 0.2) is 0 Å². The Morgan fingerprint density at radius 3 is 2.46 bits per heavy atom. The molecule has 0 saturated heterocycles. The lowest BCUT2D eigenvalue weighted by molar-refractivity contribution is -0.0504. The molecular formula is C7H4Br2F2O2. The van der Waals surface area contributed by atoms with E-state index in [0.717, 1.165) is 6.07 Å². The molecule has 13 heavy (non-hydrogen) atoms. The predicted octanol–water partition coefficient (Wildman–Crippen LogP) is 3.52. The average molecular weight is 318 g/mol. The Hall–Kier alpha value is -0.360. The van der Waals surface area contributed by atoms with Gasteiger partial charge in [-0.05, 0) is 37.9 Å². The van der Waals surface area contributed by atoms with Crippen molar-refractivity contribution in [1.29, 1.82) is 0 Å². The summed E-state index contributed by atoms with van der Waals surface area (Å²) in [7, 11) is 0. The van der Waals surface area contributed by atoms with Crippen LogP contribution in [0.25, 0.3) is 0 Å². The van der Waals surface area contributed by atoms with Crippen LogP contribution in [0.5, 0.6) is 11.5 Å². The molecule has 0 aromatic heterocycles. The minimum atomic E-state index is -2.91. The third-order valence-corrected chi connectivity index (χ3v) is 3.17. The van der Waals surface area contributed by atoms with Crippen molar-refractivity contribution in [3.8, 4) is 11.5 Å². The van der Waals surface area contributed by atoms with Crippen molar-refractivity contribution in [3.05, 3.63) is 21.1 Å². The molecule has 2 nitrogen and oxygen atoms in total. The highest BCUT2D eigenvalue weighted by molar-refractivity contribution is 9.13. The minimum Gasteiger partial charge on any atom is -0.508 e. The number of phenols is 1. The number of phenolic OH excluding ortho intramolecular Hbond substituents is 1. The number of benzene rings is 1. The highest BCUT2D eigenvalue weighted by atomic mass is 79.9. The number of hydrogen-bond donors (Lipinski definition) is 1. The summed E-state index contributed by atoms with van der Waals surface area (Å²) in [5, 5.41) is 9.06. The van der Waals surface area contributed by atoms with Gasteiger partial charge in [0.05, 0.1) is 4.47 Å². The Morgan fingerprint density at radius 2 is 1.92 bits per heavy atom. The lowest BCUT2D eigenvalue weighted by atomic mass is 10.3. The monoisotopic (exact) mass is 316 g/mol. The second-order valence-corrected chi connectivity index (χ2v) is 3.77. The van der Waals surface area contributed by atoms with Crippen LogP contribution in [-0.4, -0.2) is 11.7 Å². The SMILES string of the molecule is Oc1cc(Br)c(Br)c(OC(F)F)c1. The maximum absolute atomic E-state index is 11.8. The van der Waals surface area contributed by atoms with Gasteiger partial charge >= 0.3 is 6.61 Å². The summed E-state index contributed by atoms with van der Waals surface area (Å²) in [6, 6.07) is 2.46. The van der Waals surface area contributed by atoms with Crippen LogP contribution >= 0.6 is 31.9 Å². The highest BCUT2D eigenvalue weighted by Gasteiger charge is 2.11. The molecule has 1 rings (SSSR count). The summed E-state index contributed by atoms with van der Waals surface area (Å²) in [5.74, 6) is -0.257. The number of aromatic hydroxyl groups is 1. The van der Waals surface area contributed by atoms with Crippen molar-refractivity contribution in [2.75, 3.05) is 0 Å². The van der Waals surface area contributed by atoms with Crippen molar-refractivity contribution < 1.29 is 18.6 Å². The largest absolute Gasteiger partial charge is 0.508 e. The zero-order valence-corrected chi connectivity index (χ0v) is 9.27. The van der Waals surface area contributed by atoms with Gasteiger partial charge in [-0.15, -0.1) is 0 Å². The maximum atomic E-state index is 11.8. The molecule has 0 atom stereocenters. The summed E-state index contributed by atoms with van der Waals surface area (Å²) in [4.78, 5) is 0. The van der Waals surface area contributed by atoms with Crippen LogP contribution in [0.2, 0.25) is 0 Å². The van der Waals surface area contributed by atoms with Gasteiger partial charge in [0, 0.05) is 10.5 Å². The van der Waals surface area contributed by atoms with E-state index in [1.54, 1.807) is 0 Å². The lowest BCUT2D eigenvalue weighted by Crippen LogP contribution is -2.02. The molecule has 1 N–H and O–H groups in total. The highest BCUT2D eigenvalue weighted by Crippen LogP contribution is 2.36. The molecule has 0 bridgehead atoms. The third kappa shape index (κ3) is 2.80. The molecule has 1 aromatic carbocycles. The summed E-state index contributed by atoms with van der Waals surface area (Å²) >= 11 is 6.08. The standard InChI is InChI=1S/C7H4Br2F2O2/c8-4-1-3(12)2-5(6(4)9)13-7(10)11/h1-2,7,12H. The fraction of sp³-hybridized carbons (Fsp3) is 0.143. The van der Waals surface area contributed by atoms with E-state index in [9.17, 15) is 8.78 Å². The van der Waals surface area contributed by atoms with Gasteiger partial charge in [-0.1, -0.05) is 0 Å². The molecule has 0 radical (unpaired) electrons. The zero-order valence-electron chi connectivity index (χ0n) is 6.10. The smallest absolute Gasteiger partial charge is 0.387 e. The van der Waals surface area contributed by atoms with E-state index in [-0.39, 0.29) is 11.5 Å². The first kappa shape index (κ1) is 10.7. The number of hydrogen-bond acceptors (Lipinski definition) is 2. The van der Waals surface area contributed by atoms with Gasteiger partial charge in [0.25, 0.3) is 0 Å². The molecular weight excluding hydrogens is 314 g/mol. The van der Waals surface area contributed by atoms with Crippen molar-refractivity contribution in [2.24, 2.45) is 0 Å². The van der Waals surface area contributed by atoms with Crippen molar-refractivity contribution >= 4 is 31.9 Å². The van der Waals surface area contributed by atoms with Crippen LogP contribution < -0.4 is 4.74 Å². The lowest BCUT2D eigenvalue weighted by Gasteiger charge is -2.08. The molecule has 0 unspecified atom stereocenters. The quantitative estimate of drug-likeness (QED) is 0.904. The molecule has 0 fully saturated rings. The van der Waals surface area contributed by atoms with E-state index < -0.39 is 6.61 Å². The minimum absolute atomic E-state index is 0.109. The molecule has 0 amide bonds. The van der Waals surface area contributed by atoms with Crippen molar-refractivity contribution in [1.82, 2.24) is 0 Å². The van der Waals surface area contributed by atoms with Gasteiger partial charge in [0.2, 0.25) is 0 Å². The maximum Gasteiger partial charge on any atom is 0.387 e. The van der Waals surface area contributed by atoms with Crippen molar-refractivity contribution in [3.63, 3.8) is 0 Å². The average Bonchev–Trinajstić information content (AvgIpc) is 1.98. The first-order valence-electron chi connectivity index (χ1n) is 3.13. The van der Waals surface area contributed by atoms with Gasteiger partial charge in [-0.25, -0.2) is 0 Å². The summed E-state index contributed by atoms with van der Waals surface area (Å²) < 4.78 is 28.6. The number of rotatable bonds is 2. The van der Waals surface area contributed by atoms with Crippen LogP contribution in [-0.2, 0) is 0 Å². The Balaban J connectivity index is 3.05. The predicted molar refractivity (Wildman–Crippen MR) is 50.1 cm³/mol.